The third-order valence-electron chi connectivity index (χ3n) is 9.83. The average Bonchev–Trinajstić information content (AvgIpc) is 3.81. The maximum Gasteiger partial charge on any atom is 0.132 e. The first-order chi connectivity index (χ1) is 23.5. The summed E-state index contributed by atoms with van der Waals surface area (Å²) in [7, 11) is 0. The van der Waals surface area contributed by atoms with E-state index in [0.717, 1.165) is 43.1 Å². The van der Waals surface area contributed by atoms with Crippen LogP contribution in [-0.2, 0) is 0 Å². The van der Waals surface area contributed by atoms with E-state index >= 15 is 4.39 Å². The van der Waals surface area contributed by atoms with Gasteiger partial charge < -0.3 is 10.2 Å². The average molecular weight is 658 g/mol. The molecule has 0 amide bonds. The van der Waals surface area contributed by atoms with Crippen molar-refractivity contribution in [1.82, 2.24) is 4.98 Å². The van der Waals surface area contributed by atoms with E-state index in [1.54, 1.807) is 17.4 Å². The normalized spacial score (nSPS) is 14.5. The lowest BCUT2D eigenvalue weighted by atomic mass is 9.99. The van der Waals surface area contributed by atoms with Crippen molar-refractivity contribution in [3.63, 3.8) is 0 Å². The predicted molar refractivity (Wildman–Crippen MR) is 204 cm³/mol. The third kappa shape index (κ3) is 3.93. The fraction of sp³-hybridized carbons (Fsp3) is 0.0714. The SMILES string of the molecule is Cc1cc2c(sc3ccccc32)c(C)c1N1c2c(ccc3ccccc23)NC1c1ccc(F)c2c1sc1nc(-c3ccccc3)ccc12. The van der Waals surface area contributed by atoms with Crippen molar-refractivity contribution in [2.75, 3.05) is 10.2 Å². The van der Waals surface area contributed by atoms with E-state index in [1.807, 2.05) is 47.7 Å². The van der Waals surface area contributed by atoms with Crippen molar-refractivity contribution in [2.45, 2.75) is 20.0 Å². The number of aromatic nitrogens is 1. The van der Waals surface area contributed by atoms with Gasteiger partial charge in [0.05, 0.1) is 22.8 Å². The molecule has 6 heteroatoms. The molecule has 0 spiro atoms. The van der Waals surface area contributed by atoms with Crippen LogP contribution in [0.4, 0.5) is 21.5 Å². The lowest BCUT2D eigenvalue weighted by molar-refractivity contribution is 0.640. The minimum absolute atomic E-state index is 0.221. The van der Waals surface area contributed by atoms with Gasteiger partial charge in [0.1, 0.15) is 16.8 Å². The number of nitrogens with one attached hydrogen (secondary N) is 1. The number of benzene rings is 6. The Balaban J connectivity index is 1.24. The van der Waals surface area contributed by atoms with Gasteiger partial charge in [-0.25, -0.2) is 9.37 Å². The van der Waals surface area contributed by atoms with Crippen LogP contribution in [0.1, 0.15) is 22.9 Å². The molecule has 1 unspecified atom stereocenters. The molecule has 0 bridgehead atoms. The zero-order chi connectivity index (χ0) is 32.1. The van der Waals surface area contributed by atoms with Crippen LogP contribution in [0.5, 0.6) is 0 Å². The molecule has 3 nitrogen and oxygen atoms in total. The standard InChI is InChI=1S/C42H28FN3S2/c1-23-22-31-28-14-8-9-15-35(28)47-39(31)24(2)37(23)46-38-27-13-7-6-10-25(27)16-20-34(38)44-41(46)30-17-19-32(43)36-29-18-21-33(26-11-4-3-5-12-26)45-42(29)48-40(30)36/h3-22,41,44H,1-2H3. The molecular formula is C42H28FN3S2. The zero-order valence-corrected chi connectivity index (χ0v) is 27.8. The van der Waals surface area contributed by atoms with Gasteiger partial charge in [0, 0.05) is 52.2 Å². The number of hydrogen-bond acceptors (Lipinski definition) is 5. The molecule has 0 saturated carbocycles. The molecule has 48 heavy (non-hydrogen) atoms. The molecule has 1 N–H and O–H groups in total. The predicted octanol–water partition coefficient (Wildman–Crippen LogP) is 12.7. The number of pyridine rings is 1. The monoisotopic (exact) mass is 657 g/mol. The fourth-order valence-electron chi connectivity index (χ4n) is 7.70. The molecule has 230 valence electrons. The Morgan fingerprint density at radius 1 is 0.688 bits per heavy atom. The van der Waals surface area contributed by atoms with Crippen molar-refractivity contribution in [1.29, 1.82) is 0 Å². The van der Waals surface area contributed by atoms with E-state index in [0.29, 0.717) is 5.39 Å². The highest BCUT2D eigenvalue weighted by Crippen LogP contribution is 2.54. The second kappa shape index (κ2) is 10.3. The van der Waals surface area contributed by atoms with Crippen LogP contribution >= 0.6 is 22.7 Å². The van der Waals surface area contributed by atoms with Gasteiger partial charge in [-0.1, -0.05) is 84.9 Å². The van der Waals surface area contributed by atoms with Gasteiger partial charge in [0.15, 0.2) is 0 Å². The van der Waals surface area contributed by atoms with Crippen molar-refractivity contribution >= 4 is 91.0 Å². The highest BCUT2D eigenvalue weighted by molar-refractivity contribution is 7.26. The van der Waals surface area contributed by atoms with Crippen molar-refractivity contribution in [3.05, 3.63) is 144 Å². The maximum atomic E-state index is 15.9. The van der Waals surface area contributed by atoms with Crippen molar-refractivity contribution in [2.24, 2.45) is 0 Å². The van der Waals surface area contributed by atoms with E-state index in [4.69, 9.17) is 4.98 Å². The van der Waals surface area contributed by atoms with Gasteiger partial charge in [-0.3, -0.25) is 0 Å². The van der Waals surface area contributed by atoms with Gasteiger partial charge in [0.2, 0.25) is 0 Å². The Bertz CT molecular complexity index is 2760. The van der Waals surface area contributed by atoms with Crippen LogP contribution in [0.15, 0.2) is 121 Å². The maximum absolute atomic E-state index is 15.9. The van der Waals surface area contributed by atoms with Gasteiger partial charge in [-0.05, 0) is 66.8 Å². The molecule has 9 aromatic rings. The molecule has 0 radical (unpaired) electrons. The summed E-state index contributed by atoms with van der Waals surface area (Å²) in [6.45, 7) is 4.48. The summed E-state index contributed by atoms with van der Waals surface area (Å²) in [6, 6.07) is 41.8. The van der Waals surface area contributed by atoms with E-state index in [9.17, 15) is 0 Å². The van der Waals surface area contributed by atoms with Crippen LogP contribution in [0.3, 0.4) is 0 Å². The molecular weight excluding hydrogens is 630 g/mol. The third-order valence-corrected chi connectivity index (χ3v) is 12.3. The smallest absolute Gasteiger partial charge is 0.132 e. The van der Waals surface area contributed by atoms with Crippen LogP contribution in [0.25, 0.3) is 62.5 Å². The first-order valence-electron chi connectivity index (χ1n) is 16.1. The first-order valence-corrected chi connectivity index (χ1v) is 17.7. The fourth-order valence-corrected chi connectivity index (χ4v) is 10.1. The molecule has 0 fully saturated rings. The Kier molecular flexibility index (Phi) is 5.99. The topological polar surface area (TPSA) is 28.2 Å². The molecule has 10 rings (SSSR count). The molecule has 4 heterocycles. The van der Waals surface area contributed by atoms with Crippen molar-refractivity contribution < 1.29 is 4.39 Å². The van der Waals surface area contributed by atoms with Crippen LogP contribution in [0, 0.1) is 19.7 Å². The van der Waals surface area contributed by atoms with Gasteiger partial charge in [-0.2, -0.15) is 0 Å². The largest absolute Gasteiger partial charge is 0.359 e. The highest BCUT2D eigenvalue weighted by Gasteiger charge is 2.36. The summed E-state index contributed by atoms with van der Waals surface area (Å²) in [5.74, 6) is -0.221. The Labute approximate surface area is 284 Å². The van der Waals surface area contributed by atoms with Crippen LogP contribution in [-0.4, -0.2) is 4.98 Å². The lowest BCUT2D eigenvalue weighted by Gasteiger charge is -2.31. The minimum atomic E-state index is -0.264. The second-order valence-corrected chi connectivity index (χ2v) is 14.7. The summed E-state index contributed by atoms with van der Waals surface area (Å²) in [4.78, 5) is 8.37. The van der Waals surface area contributed by atoms with E-state index in [1.165, 1.54) is 47.8 Å². The van der Waals surface area contributed by atoms with Gasteiger partial charge >= 0.3 is 0 Å². The van der Waals surface area contributed by atoms with E-state index in [-0.39, 0.29) is 12.0 Å². The molecule has 6 aromatic carbocycles. The number of halogens is 1. The number of aryl methyl sites for hydroxylation is 2. The number of hydrogen-bond donors (Lipinski definition) is 1. The second-order valence-electron chi connectivity index (χ2n) is 12.6. The zero-order valence-electron chi connectivity index (χ0n) is 26.2. The lowest BCUT2D eigenvalue weighted by Crippen LogP contribution is -2.25. The summed E-state index contributed by atoms with van der Waals surface area (Å²) in [6.07, 6.45) is -0.264. The Morgan fingerprint density at radius 2 is 1.48 bits per heavy atom. The van der Waals surface area contributed by atoms with Crippen LogP contribution in [0.2, 0.25) is 0 Å². The number of thiophene rings is 2. The van der Waals surface area contributed by atoms with Gasteiger partial charge in [0.25, 0.3) is 0 Å². The summed E-state index contributed by atoms with van der Waals surface area (Å²) < 4.78 is 19.4. The Hall–Kier alpha value is -5.30. The molecule has 1 aliphatic heterocycles. The number of rotatable bonds is 3. The molecule has 3 aromatic heterocycles. The Morgan fingerprint density at radius 3 is 2.35 bits per heavy atom. The summed E-state index contributed by atoms with van der Waals surface area (Å²) >= 11 is 3.43. The number of nitrogens with zero attached hydrogens (tertiary/aromatic N) is 2. The van der Waals surface area contributed by atoms with Crippen molar-refractivity contribution in [3.8, 4) is 11.3 Å². The van der Waals surface area contributed by atoms with Gasteiger partial charge in [-0.15, -0.1) is 22.7 Å². The molecule has 1 atom stereocenters. The molecule has 0 aliphatic carbocycles. The quantitative estimate of drug-likeness (QED) is 0.205. The summed E-state index contributed by atoms with van der Waals surface area (Å²) in [5.41, 5.74) is 8.83. The molecule has 1 aliphatic rings. The minimum Gasteiger partial charge on any atom is -0.359 e. The van der Waals surface area contributed by atoms with Crippen LogP contribution < -0.4 is 10.2 Å². The first kappa shape index (κ1) is 27.8. The summed E-state index contributed by atoms with van der Waals surface area (Å²) in [5, 5.41) is 10.4. The highest BCUT2D eigenvalue weighted by atomic mass is 32.1. The molecule has 0 saturated heterocycles. The number of anilines is 3. The van der Waals surface area contributed by atoms with E-state index < -0.39 is 0 Å². The number of fused-ring (bicyclic) bond motifs is 9. The van der Waals surface area contributed by atoms with E-state index in [2.05, 4.69) is 103 Å².